The first-order valence-electron chi connectivity index (χ1n) is 6.33. The molecule has 4 heteroatoms. The molecular weight excluding hydrogens is 236 g/mol. The van der Waals surface area contributed by atoms with E-state index in [0.717, 1.165) is 28.4 Å². The van der Waals surface area contributed by atoms with Crippen LogP contribution in [0.25, 0.3) is 10.9 Å². The Balaban J connectivity index is 1.80. The molecule has 0 spiro atoms. The molecule has 0 saturated heterocycles. The smallest absolute Gasteiger partial charge is 0.148 e. The quantitative estimate of drug-likeness (QED) is 0.752. The highest BCUT2D eigenvalue weighted by atomic mass is 15.0. The van der Waals surface area contributed by atoms with Gasteiger partial charge in [0.25, 0.3) is 0 Å². The fourth-order valence-corrected chi connectivity index (χ4v) is 2.11. The summed E-state index contributed by atoms with van der Waals surface area (Å²) < 4.78 is 0. The van der Waals surface area contributed by atoms with Crippen LogP contribution in [0.5, 0.6) is 0 Å². The summed E-state index contributed by atoms with van der Waals surface area (Å²) in [6.45, 7) is 4.62. The summed E-state index contributed by atoms with van der Waals surface area (Å²) in [5.74, 6) is 0.846. The van der Waals surface area contributed by atoms with Crippen molar-refractivity contribution in [2.75, 3.05) is 5.32 Å². The molecule has 0 unspecified atom stereocenters. The molecule has 4 nitrogen and oxygen atoms in total. The first-order chi connectivity index (χ1) is 9.22. The van der Waals surface area contributed by atoms with Crippen LogP contribution in [-0.4, -0.2) is 15.0 Å². The van der Waals surface area contributed by atoms with Crippen molar-refractivity contribution in [1.82, 2.24) is 15.0 Å². The Morgan fingerprint density at radius 2 is 2.05 bits per heavy atom. The van der Waals surface area contributed by atoms with Gasteiger partial charge in [0.1, 0.15) is 5.82 Å². The van der Waals surface area contributed by atoms with E-state index in [1.807, 2.05) is 26.0 Å². The van der Waals surface area contributed by atoms with Gasteiger partial charge >= 0.3 is 0 Å². The first kappa shape index (κ1) is 11.7. The summed E-state index contributed by atoms with van der Waals surface area (Å²) in [5.41, 5.74) is 4.14. The van der Waals surface area contributed by atoms with Gasteiger partial charge in [0, 0.05) is 17.4 Å². The zero-order valence-electron chi connectivity index (χ0n) is 11.1. The van der Waals surface area contributed by atoms with Crippen molar-refractivity contribution in [2.45, 2.75) is 20.4 Å². The van der Waals surface area contributed by atoms with Crippen molar-refractivity contribution >= 4 is 16.7 Å². The van der Waals surface area contributed by atoms with Crippen LogP contribution in [0, 0.1) is 13.8 Å². The zero-order valence-corrected chi connectivity index (χ0v) is 11.1. The maximum Gasteiger partial charge on any atom is 0.148 e. The normalized spacial score (nSPS) is 10.8. The Bertz CT molecular complexity index is 682. The van der Waals surface area contributed by atoms with Gasteiger partial charge in [-0.05, 0) is 31.4 Å². The Morgan fingerprint density at radius 3 is 2.89 bits per heavy atom. The fraction of sp³-hybridized carbons (Fsp3) is 0.200. The van der Waals surface area contributed by atoms with Crippen LogP contribution < -0.4 is 5.32 Å². The lowest BCUT2D eigenvalue weighted by atomic mass is 10.2. The molecule has 19 heavy (non-hydrogen) atoms. The monoisotopic (exact) mass is 252 g/mol. The summed E-state index contributed by atoms with van der Waals surface area (Å²) in [5, 5.41) is 4.55. The molecule has 0 aliphatic rings. The van der Waals surface area contributed by atoms with Crippen LogP contribution in [0.1, 0.15) is 17.1 Å². The van der Waals surface area contributed by atoms with E-state index in [1.54, 1.807) is 6.20 Å². The van der Waals surface area contributed by atoms with Crippen LogP contribution >= 0.6 is 0 Å². The number of hydrogen-bond acceptors (Lipinski definition) is 3. The summed E-state index contributed by atoms with van der Waals surface area (Å²) in [4.78, 5) is 12.1. The molecule has 2 N–H and O–H groups in total. The van der Waals surface area contributed by atoms with E-state index in [2.05, 4.69) is 38.5 Å². The van der Waals surface area contributed by atoms with Gasteiger partial charge < -0.3 is 10.3 Å². The van der Waals surface area contributed by atoms with E-state index < -0.39 is 0 Å². The number of benzene rings is 1. The predicted octanol–water partition coefficient (Wildman–Crippen LogP) is 3.19. The molecule has 3 aromatic rings. The second kappa shape index (κ2) is 4.72. The van der Waals surface area contributed by atoms with E-state index in [0.29, 0.717) is 6.54 Å². The number of aromatic amines is 1. The molecule has 0 fully saturated rings. The van der Waals surface area contributed by atoms with Gasteiger partial charge in [0.15, 0.2) is 0 Å². The Morgan fingerprint density at radius 1 is 1.21 bits per heavy atom. The zero-order chi connectivity index (χ0) is 13.2. The minimum absolute atomic E-state index is 0.716. The highest BCUT2D eigenvalue weighted by Gasteiger charge is 2.03. The average Bonchev–Trinajstić information content (AvgIpc) is 2.82. The molecule has 1 aromatic carbocycles. The largest absolute Gasteiger partial charge is 0.363 e. The van der Waals surface area contributed by atoms with E-state index in [-0.39, 0.29) is 0 Å². The average molecular weight is 252 g/mol. The number of hydrogen-bond donors (Lipinski definition) is 2. The number of fused-ring (bicyclic) bond motifs is 1. The standard InChI is InChI=1S/C15H16N4/c1-10-8-16-11(2)15(18-10)17-9-13-7-12-5-3-4-6-14(12)19-13/h3-8,19H,9H2,1-2H3,(H,17,18). The molecule has 0 radical (unpaired) electrons. The van der Waals surface area contributed by atoms with Crippen LogP contribution in [0.2, 0.25) is 0 Å². The molecule has 2 aromatic heterocycles. The molecule has 0 aliphatic carbocycles. The van der Waals surface area contributed by atoms with Crippen molar-refractivity contribution in [2.24, 2.45) is 0 Å². The number of nitrogens with one attached hydrogen (secondary N) is 2. The first-order valence-corrected chi connectivity index (χ1v) is 6.33. The molecule has 0 aliphatic heterocycles. The van der Waals surface area contributed by atoms with Crippen LogP contribution in [0.4, 0.5) is 5.82 Å². The topological polar surface area (TPSA) is 53.6 Å². The SMILES string of the molecule is Cc1cnc(C)c(NCc2cc3ccccc3[nH]2)n1. The summed E-state index contributed by atoms with van der Waals surface area (Å²) in [6, 6.07) is 10.4. The minimum atomic E-state index is 0.716. The van der Waals surface area contributed by atoms with Gasteiger partial charge in [-0.1, -0.05) is 18.2 Å². The second-order valence-electron chi connectivity index (χ2n) is 4.68. The van der Waals surface area contributed by atoms with E-state index in [4.69, 9.17) is 0 Å². The number of rotatable bonds is 3. The minimum Gasteiger partial charge on any atom is -0.363 e. The van der Waals surface area contributed by atoms with Gasteiger partial charge in [0.2, 0.25) is 0 Å². The van der Waals surface area contributed by atoms with Gasteiger partial charge in [0.05, 0.1) is 17.9 Å². The molecule has 96 valence electrons. The van der Waals surface area contributed by atoms with Gasteiger partial charge in [-0.2, -0.15) is 0 Å². The molecular formula is C15H16N4. The maximum atomic E-state index is 4.45. The number of H-pyrrole nitrogens is 1. The predicted molar refractivity (Wildman–Crippen MR) is 77.1 cm³/mol. The van der Waals surface area contributed by atoms with Gasteiger partial charge in [-0.25, -0.2) is 4.98 Å². The third kappa shape index (κ3) is 2.42. The number of aryl methyl sites for hydroxylation is 2. The number of nitrogens with zero attached hydrogens (tertiary/aromatic N) is 2. The van der Waals surface area contributed by atoms with Gasteiger partial charge in [-0.15, -0.1) is 0 Å². The Kier molecular flexibility index (Phi) is 2.91. The van der Waals surface area contributed by atoms with Crippen molar-refractivity contribution in [3.05, 3.63) is 53.6 Å². The van der Waals surface area contributed by atoms with Crippen molar-refractivity contribution in [3.8, 4) is 0 Å². The second-order valence-corrected chi connectivity index (χ2v) is 4.68. The highest BCUT2D eigenvalue weighted by molar-refractivity contribution is 5.80. The Labute approximate surface area is 111 Å². The number of anilines is 1. The molecule has 0 atom stereocenters. The van der Waals surface area contributed by atoms with E-state index >= 15 is 0 Å². The third-order valence-electron chi connectivity index (χ3n) is 3.11. The van der Waals surface area contributed by atoms with Crippen LogP contribution in [0.3, 0.4) is 0 Å². The lowest BCUT2D eigenvalue weighted by Crippen LogP contribution is -2.05. The number of aromatic nitrogens is 3. The summed E-state index contributed by atoms with van der Waals surface area (Å²) in [6.07, 6.45) is 1.78. The van der Waals surface area contributed by atoms with E-state index in [1.165, 1.54) is 5.39 Å². The molecule has 0 amide bonds. The summed E-state index contributed by atoms with van der Waals surface area (Å²) >= 11 is 0. The highest BCUT2D eigenvalue weighted by Crippen LogP contribution is 2.16. The summed E-state index contributed by atoms with van der Waals surface area (Å²) in [7, 11) is 0. The third-order valence-corrected chi connectivity index (χ3v) is 3.11. The Hall–Kier alpha value is -2.36. The van der Waals surface area contributed by atoms with E-state index in [9.17, 15) is 0 Å². The molecule has 0 saturated carbocycles. The lowest BCUT2D eigenvalue weighted by Gasteiger charge is -2.07. The number of para-hydroxylation sites is 1. The fourth-order valence-electron chi connectivity index (χ4n) is 2.11. The molecule has 0 bridgehead atoms. The van der Waals surface area contributed by atoms with Crippen molar-refractivity contribution in [3.63, 3.8) is 0 Å². The van der Waals surface area contributed by atoms with Crippen LogP contribution in [0.15, 0.2) is 36.5 Å². The molecule has 3 rings (SSSR count). The van der Waals surface area contributed by atoms with Crippen molar-refractivity contribution in [1.29, 1.82) is 0 Å². The maximum absolute atomic E-state index is 4.45. The molecule has 2 heterocycles. The lowest BCUT2D eigenvalue weighted by molar-refractivity contribution is 1.00. The van der Waals surface area contributed by atoms with Crippen molar-refractivity contribution < 1.29 is 0 Å². The van der Waals surface area contributed by atoms with Crippen LogP contribution in [-0.2, 0) is 6.54 Å². The van der Waals surface area contributed by atoms with Gasteiger partial charge in [-0.3, -0.25) is 4.98 Å².